The normalized spacial score (nSPS) is 19.7. The van der Waals surface area contributed by atoms with E-state index in [2.05, 4.69) is 77.8 Å². The topological polar surface area (TPSA) is 76.8 Å². The SMILES string of the molecule is Cc1ccc2ncc(-c3nc(/C=C\CCC4CCOCC4)cc(N[C@@H]4CCCN(COC(C)(C)C)C4)n3)n2c1. The van der Waals surface area contributed by atoms with Crippen LogP contribution in [0.1, 0.15) is 70.6 Å². The molecule has 39 heavy (non-hydrogen) atoms. The van der Waals surface area contributed by atoms with Gasteiger partial charge in [0.25, 0.3) is 0 Å². The molecular weight excluding hydrogens is 488 g/mol. The maximum absolute atomic E-state index is 6.05. The molecule has 2 aliphatic heterocycles. The van der Waals surface area contributed by atoms with Crippen molar-refractivity contribution in [2.75, 3.05) is 38.4 Å². The van der Waals surface area contributed by atoms with Gasteiger partial charge < -0.3 is 14.8 Å². The predicted molar refractivity (Wildman–Crippen MR) is 157 cm³/mol. The largest absolute Gasteiger partial charge is 0.381 e. The van der Waals surface area contributed by atoms with Gasteiger partial charge in [0.1, 0.15) is 17.2 Å². The molecule has 1 atom stereocenters. The van der Waals surface area contributed by atoms with Crippen molar-refractivity contribution in [1.82, 2.24) is 24.3 Å². The zero-order chi connectivity index (χ0) is 27.2. The molecule has 5 heterocycles. The summed E-state index contributed by atoms with van der Waals surface area (Å²) in [7, 11) is 0. The lowest BCUT2D eigenvalue weighted by Crippen LogP contribution is -2.44. The summed E-state index contributed by atoms with van der Waals surface area (Å²) >= 11 is 0. The quantitative estimate of drug-likeness (QED) is 0.364. The zero-order valence-corrected chi connectivity index (χ0v) is 24.0. The first kappa shape index (κ1) is 27.7. The lowest BCUT2D eigenvalue weighted by atomic mass is 9.95. The second kappa shape index (κ2) is 12.6. The van der Waals surface area contributed by atoms with Crippen LogP contribution < -0.4 is 5.32 Å². The van der Waals surface area contributed by atoms with Crippen LogP contribution in [0.5, 0.6) is 0 Å². The Morgan fingerprint density at radius 2 is 2.00 bits per heavy atom. The molecule has 1 N–H and O–H groups in total. The maximum Gasteiger partial charge on any atom is 0.180 e. The molecule has 2 fully saturated rings. The van der Waals surface area contributed by atoms with E-state index >= 15 is 0 Å². The second-order valence-corrected chi connectivity index (χ2v) is 12.1. The number of fused-ring (bicyclic) bond motifs is 1. The van der Waals surface area contributed by atoms with E-state index in [-0.39, 0.29) is 5.60 Å². The van der Waals surface area contributed by atoms with Crippen molar-refractivity contribution in [3.05, 3.63) is 47.9 Å². The average molecular weight is 533 g/mol. The molecule has 0 aromatic carbocycles. The lowest BCUT2D eigenvalue weighted by Gasteiger charge is -2.35. The third-order valence-corrected chi connectivity index (χ3v) is 7.54. The van der Waals surface area contributed by atoms with E-state index in [4.69, 9.17) is 19.4 Å². The minimum atomic E-state index is -0.139. The molecule has 0 unspecified atom stereocenters. The number of ether oxygens (including phenoxy) is 2. The minimum Gasteiger partial charge on any atom is -0.381 e. The van der Waals surface area contributed by atoms with Crippen molar-refractivity contribution < 1.29 is 9.47 Å². The Morgan fingerprint density at radius 3 is 2.82 bits per heavy atom. The number of anilines is 1. The summed E-state index contributed by atoms with van der Waals surface area (Å²) in [5.74, 6) is 2.31. The van der Waals surface area contributed by atoms with E-state index in [1.807, 2.05) is 12.3 Å². The highest BCUT2D eigenvalue weighted by Crippen LogP contribution is 2.24. The van der Waals surface area contributed by atoms with Crippen LogP contribution in [0.15, 0.2) is 36.7 Å². The van der Waals surface area contributed by atoms with E-state index in [1.165, 1.54) is 24.8 Å². The molecular formula is C31H44N6O2. The van der Waals surface area contributed by atoms with Crippen molar-refractivity contribution in [3.8, 4) is 11.5 Å². The van der Waals surface area contributed by atoms with Crippen molar-refractivity contribution in [2.45, 2.75) is 77.9 Å². The highest BCUT2D eigenvalue weighted by atomic mass is 16.5. The number of rotatable bonds is 9. The van der Waals surface area contributed by atoms with E-state index in [1.54, 1.807) is 0 Å². The van der Waals surface area contributed by atoms with E-state index in [0.717, 1.165) is 74.3 Å². The number of aromatic nitrogens is 4. The number of nitrogens with zero attached hydrogens (tertiary/aromatic N) is 5. The first-order valence-corrected chi connectivity index (χ1v) is 14.5. The summed E-state index contributed by atoms with van der Waals surface area (Å²) < 4.78 is 13.6. The summed E-state index contributed by atoms with van der Waals surface area (Å²) in [6, 6.07) is 6.50. The number of imidazole rings is 1. The molecule has 8 nitrogen and oxygen atoms in total. The highest BCUT2D eigenvalue weighted by Gasteiger charge is 2.23. The van der Waals surface area contributed by atoms with Crippen LogP contribution in [-0.2, 0) is 9.47 Å². The maximum atomic E-state index is 6.05. The van der Waals surface area contributed by atoms with E-state index < -0.39 is 0 Å². The molecule has 2 aliphatic rings. The van der Waals surface area contributed by atoms with Crippen molar-refractivity contribution in [2.24, 2.45) is 5.92 Å². The minimum absolute atomic E-state index is 0.139. The van der Waals surface area contributed by atoms with E-state index in [0.29, 0.717) is 18.6 Å². The standard InChI is InChI=1S/C31H44N6O2/c1-23-11-12-29-32-19-27(37(29)20-23)30-34-25(9-6-5-8-24-13-16-38-17-14-24)18-28(35-30)33-26-10-7-15-36(21-26)22-39-31(2,3)4/h6,9,11-12,18-20,24,26H,5,7-8,10,13-17,21-22H2,1-4H3,(H,33,34,35)/b9-6-/t26-/m1/s1. The molecule has 0 saturated carbocycles. The molecule has 0 radical (unpaired) electrons. The molecule has 210 valence electrons. The van der Waals surface area contributed by atoms with Crippen LogP contribution in [0.4, 0.5) is 5.82 Å². The van der Waals surface area contributed by atoms with Gasteiger partial charge in [-0.2, -0.15) is 0 Å². The average Bonchev–Trinajstić information content (AvgIpc) is 3.33. The second-order valence-electron chi connectivity index (χ2n) is 12.1. The van der Waals surface area contributed by atoms with Gasteiger partial charge in [-0.1, -0.05) is 12.1 Å². The van der Waals surface area contributed by atoms with E-state index in [9.17, 15) is 0 Å². The number of hydrogen-bond donors (Lipinski definition) is 1. The molecule has 0 spiro atoms. The highest BCUT2D eigenvalue weighted by molar-refractivity contribution is 5.62. The summed E-state index contributed by atoms with van der Waals surface area (Å²) in [6.07, 6.45) is 15.2. The monoisotopic (exact) mass is 532 g/mol. The van der Waals surface area contributed by atoms with Gasteiger partial charge in [0, 0.05) is 44.6 Å². The fourth-order valence-electron chi connectivity index (χ4n) is 5.35. The number of piperidine rings is 1. The van der Waals surface area contributed by atoms with Gasteiger partial charge in [-0.3, -0.25) is 9.30 Å². The molecule has 0 bridgehead atoms. The van der Waals surface area contributed by atoms with Gasteiger partial charge in [0.15, 0.2) is 5.82 Å². The van der Waals surface area contributed by atoms with Crippen molar-refractivity contribution in [1.29, 1.82) is 0 Å². The zero-order valence-electron chi connectivity index (χ0n) is 24.0. The first-order valence-electron chi connectivity index (χ1n) is 14.5. The van der Waals surface area contributed by atoms with Crippen LogP contribution in [0, 0.1) is 12.8 Å². The van der Waals surface area contributed by atoms with Gasteiger partial charge >= 0.3 is 0 Å². The third kappa shape index (κ3) is 7.87. The number of aryl methyl sites for hydroxylation is 1. The van der Waals surface area contributed by atoms with Crippen molar-refractivity contribution >= 4 is 17.5 Å². The Bertz CT molecular complexity index is 1260. The van der Waals surface area contributed by atoms with Gasteiger partial charge in [0.2, 0.25) is 0 Å². The summed E-state index contributed by atoms with van der Waals surface area (Å²) in [4.78, 5) is 16.9. The fraction of sp³-hybridized carbons (Fsp3) is 0.581. The fourth-order valence-corrected chi connectivity index (χ4v) is 5.35. The Kier molecular flexibility index (Phi) is 8.95. The van der Waals surface area contributed by atoms with Gasteiger partial charge in [-0.15, -0.1) is 0 Å². The molecule has 0 aliphatic carbocycles. The number of hydrogen-bond acceptors (Lipinski definition) is 7. The Labute approximate surface area is 232 Å². The van der Waals surface area contributed by atoms with Crippen LogP contribution in [0.25, 0.3) is 23.2 Å². The summed E-state index contributed by atoms with van der Waals surface area (Å²) in [5.41, 5.74) is 3.75. The van der Waals surface area contributed by atoms with Crippen LogP contribution in [0.3, 0.4) is 0 Å². The lowest BCUT2D eigenvalue weighted by molar-refractivity contribution is -0.0688. The Hall–Kier alpha value is -2.81. The Morgan fingerprint density at radius 1 is 1.15 bits per heavy atom. The van der Waals surface area contributed by atoms with Crippen LogP contribution in [0.2, 0.25) is 0 Å². The van der Waals surface area contributed by atoms with Gasteiger partial charge in [0.05, 0.1) is 24.2 Å². The number of likely N-dealkylation sites (tertiary alicyclic amines) is 1. The summed E-state index contributed by atoms with van der Waals surface area (Å²) in [6.45, 7) is 12.9. The summed E-state index contributed by atoms with van der Waals surface area (Å²) in [5, 5.41) is 3.73. The van der Waals surface area contributed by atoms with Gasteiger partial charge in [-0.25, -0.2) is 15.0 Å². The smallest absolute Gasteiger partial charge is 0.180 e. The molecule has 2 saturated heterocycles. The molecule has 3 aromatic heterocycles. The Balaban J connectivity index is 1.35. The molecule has 0 amide bonds. The molecule has 5 rings (SSSR count). The van der Waals surface area contributed by atoms with Crippen LogP contribution in [-0.4, -0.2) is 68.9 Å². The number of nitrogens with one attached hydrogen (secondary N) is 1. The van der Waals surface area contributed by atoms with Crippen molar-refractivity contribution in [3.63, 3.8) is 0 Å². The predicted octanol–water partition coefficient (Wildman–Crippen LogP) is 5.97. The third-order valence-electron chi connectivity index (χ3n) is 7.54. The van der Waals surface area contributed by atoms with Crippen LogP contribution >= 0.6 is 0 Å². The van der Waals surface area contributed by atoms with Gasteiger partial charge in [-0.05, 0) is 89.8 Å². The molecule has 3 aromatic rings. The number of allylic oxidation sites excluding steroid dienone is 1. The first-order chi connectivity index (χ1) is 18.8. The molecule has 8 heteroatoms. The number of pyridine rings is 1.